The van der Waals surface area contributed by atoms with Crippen LogP contribution in [0.3, 0.4) is 0 Å². The van der Waals surface area contributed by atoms with Crippen molar-refractivity contribution in [3.05, 3.63) is 93.9 Å². The molecule has 0 radical (unpaired) electrons. The molecule has 2 heterocycles. The summed E-state index contributed by atoms with van der Waals surface area (Å²) in [6.45, 7) is 2.42. The van der Waals surface area contributed by atoms with E-state index < -0.39 is 16.5 Å². The standard InChI is InChI=1S/C22H22N4O4/c27-22(20-19(26(28)29)16-30-23-20)25-13-7-12-24(14-15-25)21(17-8-3-1-4-9-17)18-10-5-2-6-11-18/h1-6,8-11,16,21H,7,12-15H2. The molecule has 1 fully saturated rings. The second-order valence-corrected chi connectivity index (χ2v) is 7.21. The molecule has 30 heavy (non-hydrogen) atoms. The van der Waals surface area contributed by atoms with Gasteiger partial charge in [-0.1, -0.05) is 65.8 Å². The lowest BCUT2D eigenvalue weighted by Gasteiger charge is -2.31. The van der Waals surface area contributed by atoms with Gasteiger partial charge >= 0.3 is 5.69 Å². The molecule has 0 bridgehead atoms. The van der Waals surface area contributed by atoms with Crippen LogP contribution in [0.5, 0.6) is 0 Å². The second kappa shape index (κ2) is 8.87. The largest absolute Gasteiger partial charge is 0.356 e. The predicted molar refractivity (Wildman–Crippen MR) is 110 cm³/mol. The highest BCUT2D eigenvalue weighted by molar-refractivity contribution is 5.95. The van der Waals surface area contributed by atoms with Gasteiger partial charge in [-0.15, -0.1) is 0 Å². The zero-order chi connectivity index (χ0) is 20.9. The first-order chi connectivity index (χ1) is 14.6. The number of hydrogen-bond acceptors (Lipinski definition) is 6. The van der Waals surface area contributed by atoms with E-state index in [9.17, 15) is 14.9 Å². The zero-order valence-corrected chi connectivity index (χ0v) is 16.4. The Bertz CT molecular complexity index is 967. The van der Waals surface area contributed by atoms with Crippen molar-refractivity contribution >= 4 is 11.6 Å². The fourth-order valence-corrected chi connectivity index (χ4v) is 3.94. The van der Waals surface area contributed by atoms with Crippen molar-refractivity contribution in [1.82, 2.24) is 15.0 Å². The van der Waals surface area contributed by atoms with Crippen LogP contribution in [-0.4, -0.2) is 52.0 Å². The number of nitrogens with zero attached hydrogens (tertiary/aromatic N) is 4. The Morgan fingerprint density at radius 3 is 2.20 bits per heavy atom. The molecule has 0 unspecified atom stereocenters. The van der Waals surface area contributed by atoms with Crippen molar-refractivity contribution in [2.24, 2.45) is 0 Å². The third-order valence-electron chi connectivity index (χ3n) is 5.36. The summed E-state index contributed by atoms with van der Waals surface area (Å²) in [6, 6.07) is 20.7. The van der Waals surface area contributed by atoms with Gasteiger partial charge in [-0.3, -0.25) is 19.8 Å². The van der Waals surface area contributed by atoms with Crippen LogP contribution in [0, 0.1) is 10.1 Å². The van der Waals surface area contributed by atoms with Crippen molar-refractivity contribution in [2.45, 2.75) is 12.5 Å². The highest BCUT2D eigenvalue weighted by Gasteiger charge is 2.32. The van der Waals surface area contributed by atoms with Crippen molar-refractivity contribution in [3.8, 4) is 0 Å². The molecule has 0 saturated carbocycles. The molecule has 1 aliphatic heterocycles. The van der Waals surface area contributed by atoms with Gasteiger partial charge in [-0.25, -0.2) is 0 Å². The number of amides is 1. The van der Waals surface area contributed by atoms with Gasteiger partial charge in [0.2, 0.25) is 12.0 Å². The fraction of sp³-hybridized carbons (Fsp3) is 0.273. The molecule has 3 aromatic rings. The maximum Gasteiger partial charge on any atom is 0.341 e. The van der Waals surface area contributed by atoms with Crippen molar-refractivity contribution in [2.75, 3.05) is 26.2 Å². The van der Waals surface area contributed by atoms with E-state index in [4.69, 9.17) is 0 Å². The van der Waals surface area contributed by atoms with Crippen LogP contribution in [0.4, 0.5) is 5.69 Å². The smallest absolute Gasteiger partial charge is 0.341 e. The number of carbonyl (C=O) groups is 1. The molecule has 8 nitrogen and oxygen atoms in total. The minimum Gasteiger partial charge on any atom is -0.356 e. The third kappa shape index (κ3) is 4.08. The van der Waals surface area contributed by atoms with Crippen LogP contribution in [0.25, 0.3) is 0 Å². The van der Waals surface area contributed by atoms with Gasteiger partial charge < -0.3 is 9.42 Å². The highest BCUT2D eigenvalue weighted by Crippen LogP contribution is 2.30. The van der Waals surface area contributed by atoms with Crippen LogP contribution in [0.1, 0.15) is 34.1 Å². The van der Waals surface area contributed by atoms with Gasteiger partial charge in [-0.05, 0) is 17.5 Å². The molecule has 1 amide bonds. The minimum atomic E-state index is -0.644. The SMILES string of the molecule is O=C(c1nocc1[N+](=O)[O-])N1CCCN(C(c2ccccc2)c2ccccc2)CC1. The molecule has 8 heteroatoms. The van der Waals surface area contributed by atoms with Crippen LogP contribution in [-0.2, 0) is 0 Å². The molecular weight excluding hydrogens is 384 g/mol. The van der Waals surface area contributed by atoms with Crippen molar-refractivity contribution in [3.63, 3.8) is 0 Å². The molecule has 0 N–H and O–H groups in total. The Balaban J connectivity index is 1.55. The molecule has 0 atom stereocenters. The summed E-state index contributed by atoms with van der Waals surface area (Å²) in [6.07, 6.45) is 1.66. The summed E-state index contributed by atoms with van der Waals surface area (Å²) < 4.78 is 4.68. The molecule has 1 saturated heterocycles. The summed E-state index contributed by atoms with van der Waals surface area (Å²) in [5, 5.41) is 14.7. The number of rotatable bonds is 5. The minimum absolute atomic E-state index is 0.0730. The van der Waals surface area contributed by atoms with Crippen LogP contribution >= 0.6 is 0 Å². The Hall–Kier alpha value is -3.52. The molecular formula is C22H22N4O4. The first-order valence-electron chi connectivity index (χ1n) is 9.87. The van der Waals surface area contributed by atoms with E-state index in [0.29, 0.717) is 19.6 Å². The number of nitro groups is 1. The van der Waals surface area contributed by atoms with E-state index in [-0.39, 0.29) is 11.7 Å². The van der Waals surface area contributed by atoms with E-state index in [2.05, 4.69) is 38.8 Å². The van der Waals surface area contributed by atoms with E-state index in [1.54, 1.807) is 4.90 Å². The van der Waals surface area contributed by atoms with E-state index in [1.807, 2.05) is 36.4 Å². The monoisotopic (exact) mass is 406 g/mol. The topological polar surface area (TPSA) is 92.7 Å². The van der Waals surface area contributed by atoms with Gasteiger partial charge in [0.1, 0.15) is 0 Å². The Labute approximate surface area is 173 Å². The molecule has 0 spiro atoms. The van der Waals surface area contributed by atoms with Crippen molar-refractivity contribution in [1.29, 1.82) is 0 Å². The normalized spacial score (nSPS) is 15.2. The lowest BCUT2D eigenvalue weighted by Crippen LogP contribution is -2.37. The predicted octanol–water partition coefficient (Wildman–Crippen LogP) is 3.52. The molecule has 2 aromatic carbocycles. The third-order valence-corrected chi connectivity index (χ3v) is 5.36. The van der Waals surface area contributed by atoms with Crippen LogP contribution in [0.15, 0.2) is 71.4 Å². The maximum atomic E-state index is 12.8. The number of benzene rings is 2. The summed E-state index contributed by atoms with van der Waals surface area (Å²) >= 11 is 0. The summed E-state index contributed by atoms with van der Waals surface area (Å²) in [4.78, 5) is 27.3. The quantitative estimate of drug-likeness (QED) is 0.475. The molecule has 4 rings (SSSR count). The Kier molecular flexibility index (Phi) is 5.85. The van der Waals surface area contributed by atoms with Crippen molar-refractivity contribution < 1.29 is 14.2 Å². The van der Waals surface area contributed by atoms with E-state index in [0.717, 1.165) is 19.2 Å². The maximum absolute atomic E-state index is 12.8. The molecule has 1 aromatic heterocycles. The molecule has 1 aliphatic rings. The number of hydrogen-bond donors (Lipinski definition) is 0. The van der Waals surface area contributed by atoms with Gasteiger partial charge in [-0.2, -0.15) is 0 Å². The summed E-state index contributed by atoms with van der Waals surface area (Å²) in [5.41, 5.74) is 1.75. The van der Waals surface area contributed by atoms with Gasteiger partial charge in [0.15, 0.2) is 0 Å². The van der Waals surface area contributed by atoms with Crippen LogP contribution < -0.4 is 0 Å². The Morgan fingerprint density at radius 1 is 0.967 bits per heavy atom. The van der Waals surface area contributed by atoms with Gasteiger partial charge in [0.25, 0.3) is 5.91 Å². The highest BCUT2D eigenvalue weighted by atomic mass is 16.6. The Morgan fingerprint density at radius 2 is 1.60 bits per heavy atom. The van der Waals surface area contributed by atoms with Gasteiger partial charge in [0, 0.05) is 26.2 Å². The average molecular weight is 406 g/mol. The number of aromatic nitrogens is 1. The lowest BCUT2D eigenvalue weighted by molar-refractivity contribution is -0.385. The fourth-order valence-electron chi connectivity index (χ4n) is 3.94. The second-order valence-electron chi connectivity index (χ2n) is 7.21. The first kappa shape index (κ1) is 19.8. The molecule has 0 aliphatic carbocycles. The summed E-state index contributed by atoms with van der Waals surface area (Å²) in [7, 11) is 0. The van der Waals surface area contributed by atoms with E-state index in [1.165, 1.54) is 11.1 Å². The first-order valence-corrected chi connectivity index (χ1v) is 9.87. The van der Waals surface area contributed by atoms with Gasteiger partial charge in [0.05, 0.1) is 11.0 Å². The number of carbonyl (C=O) groups excluding carboxylic acids is 1. The molecule has 154 valence electrons. The lowest BCUT2D eigenvalue weighted by atomic mass is 9.97. The van der Waals surface area contributed by atoms with E-state index >= 15 is 0 Å². The van der Waals surface area contributed by atoms with Crippen LogP contribution in [0.2, 0.25) is 0 Å². The average Bonchev–Trinajstić information content (AvgIpc) is 3.15. The zero-order valence-electron chi connectivity index (χ0n) is 16.4. The summed E-state index contributed by atoms with van der Waals surface area (Å²) in [5.74, 6) is -0.465.